The maximum absolute atomic E-state index is 13.1. The number of hydrogen-bond donors (Lipinski definition) is 1. The molecule has 1 unspecified atom stereocenters. The van der Waals surface area contributed by atoms with Crippen LogP contribution in [-0.4, -0.2) is 67.2 Å². The summed E-state index contributed by atoms with van der Waals surface area (Å²) in [5, 5.41) is 3.14. The molecule has 1 aliphatic heterocycles. The lowest BCUT2D eigenvalue weighted by Crippen LogP contribution is -2.40. The first kappa shape index (κ1) is 32.0. The second-order valence-electron chi connectivity index (χ2n) is 10.1. The van der Waals surface area contributed by atoms with Crippen LogP contribution in [0.1, 0.15) is 52.0 Å². The molecule has 0 aliphatic carbocycles. The lowest BCUT2D eigenvalue weighted by Gasteiger charge is -2.21. The average molecular weight is 535 g/mol. The summed E-state index contributed by atoms with van der Waals surface area (Å²) in [5.41, 5.74) is 4.86. The Morgan fingerprint density at radius 1 is 1.28 bits per heavy atom. The zero-order valence-electron chi connectivity index (χ0n) is 24.4. The summed E-state index contributed by atoms with van der Waals surface area (Å²) in [6.45, 7) is 19.0. The Morgan fingerprint density at radius 2 is 2.03 bits per heavy atom. The van der Waals surface area contributed by atoms with E-state index in [2.05, 4.69) is 65.3 Å². The molecule has 5 nitrogen and oxygen atoms in total. The molecule has 0 spiro atoms. The van der Waals surface area contributed by atoms with Crippen LogP contribution in [0.4, 0.5) is 4.39 Å². The van der Waals surface area contributed by atoms with Gasteiger partial charge in [0.2, 0.25) is 0 Å². The number of allylic oxidation sites excluding steroid dienone is 3. The fraction of sp³-hybridized carbons (Fsp3) is 0.455. The molecule has 1 atom stereocenters. The lowest BCUT2D eigenvalue weighted by molar-refractivity contribution is -0.115. The molecule has 0 bridgehead atoms. The Labute approximate surface area is 235 Å². The SMILES string of the molecule is C=CC/C=C(\C=C/CN1CC(NC(=O)C(/C=C(\C)CCc2ccc(F)cc2)=NC)CC1=C)CN(CC)CCC. The highest BCUT2D eigenvalue weighted by Crippen LogP contribution is 2.20. The normalized spacial score (nSPS) is 17.0. The highest BCUT2D eigenvalue weighted by molar-refractivity contribution is 6.43. The largest absolute Gasteiger partial charge is 0.369 e. The lowest BCUT2D eigenvalue weighted by atomic mass is 10.0. The summed E-state index contributed by atoms with van der Waals surface area (Å²) in [4.78, 5) is 21.9. The third-order valence-electron chi connectivity index (χ3n) is 6.88. The molecule has 0 radical (unpaired) electrons. The van der Waals surface area contributed by atoms with Gasteiger partial charge in [-0.15, -0.1) is 6.58 Å². The van der Waals surface area contributed by atoms with Gasteiger partial charge in [-0.05, 0) is 75.0 Å². The van der Waals surface area contributed by atoms with Crippen molar-refractivity contribution >= 4 is 11.6 Å². The molecule has 212 valence electrons. The number of nitrogens with one attached hydrogen (secondary N) is 1. The first-order chi connectivity index (χ1) is 18.8. The molecule has 1 amide bonds. The van der Waals surface area contributed by atoms with Crippen LogP contribution in [0.5, 0.6) is 0 Å². The standard InChI is InChI=1S/C33H47FN4O/c1-7-10-12-29(24-37(9-3)20-8-2)13-11-21-38-25-31(23-27(38)5)36-33(39)32(35-6)22-26(4)14-15-28-16-18-30(34)19-17-28/h7,11-13,16-19,22,31H,1,5,8-10,14-15,20-21,23-25H2,2-4,6H3,(H,36,39)/b13-11-,26-22+,29-12+,35-32?. The first-order valence-corrected chi connectivity index (χ1v) is 14.1. The topological polar surface area (TPSA) is 47.9 Å². The molecule has 1 heterocycles. The van der Waals surface area contributed by atoms with Crippen molar-refractivity contribution in [3.8, 4) is 0 Å². The van der Waals surface area contributed by atoms with E-state index in [0.717, 1.165) is 81.7 Å². The van der Waals surface area contributed by atoms with Gasteiger partial charge in [-0.3, -0.25) is 14.7 Å². The molecule has 0 aromatic heterocycles. The molecule has 39 heavy (non-hydrogen) atoms. The van der Waals surface area contributed by atoms with Crippen LogP contribution in [0.15, 0.2) is 89.6 Å². The number of aliphatic imine (C=N–C) groups is 1. The van der Waals surface area contributed by atoms with Gasteiger partial charge in [0, 0.05) is 38.8 Å². The molecular weight excluding hydrogens is 487 g/mol. The molecule has 0 saturated carbocycles. The van der Waals surface area contributed by atoms with Crippen molar-refractivity contribution in [3.05, 3.63) is 96.0 Å². The summed E-state index contributed by atoms with van der Waals surface area (Å²) in [5.74, 6) is -0.401. The van der Waals surface area contributed by atoms with Crippen LogP contribution < -0.4 is 5.32 Å². The van der Waals surface area contributed by atoms with E-state index < -0.39 is 0 Å². The summed E-state index contributed by atoms with van der Waals surface area (Å²) in [6.07, 6.45) is 14.7. The van der Waals surface area contributed by atoms with Gasteiger partial charge in [-0.25, -0.2) is 4.39 Å². The van der Waals surface area contributed by atoms with Crippen LogP contribution in [0.2, 0.25) is 0 Å². The Kier molecular flexibility index (Phi) is 14.2. The van der Waals surface area contributed by atoms with Crippen molar-refractivity contribution in [2.24, 2.45) is 4.99 Å². The highest BCUT2D eigenvalue weighted by Gasteiger charge is 2.26. The molecule has 1 saturated heterocycles. The number of amides is 1. The maximum atomic E-state index is 13.1. The van der Waals surface area contributed by atoms with Gasteiger partial charge in [-0.1, -0.05) is 62.4 Å². The number of likely N-dealkylation sites (N-methyl/N-ethyl adjacent to an activating group) is 1. The Balaban J connectivity index is 1.90. The second kappa shape index (κ2) is 17.4. The Hall–Kier alpha value is -3.25. The van der Waals surface area contributed by atoms with Crippen LogP contribution in [-0.2, 0) is 11.2 Å². The van der Waals surface area contributed by atoms with Crippen molar-refractivity contribution in [3.63, 3.8) is 0 Å². The smallest absolute Gasteiger partial charge is 0.269 e. The molecule has 1 aromatic rings. The van der Waals surface area contributed by atoms with E-state index in [0.29, 0.717) is 5.71 Å². The molecule has 1 fully saturated rings. The monoisotopic (exact) mass is 534 g/mol. The van der Waals surface area contributed by atoms with Gasteiger partial charge in [0.15, 0.2) is 0 Å². The zero-order valence-corrected chi connectivity index (χ0v) is 24.4. The molecule has 2 rings (SSSR count). The first-order valence-electron chi connectivity index (χ1n) is 14.1. The number of nitrogens with zero attached hydrogens (tertiary/aromatic N) is 3. The average Bonchev–Trinajstić information content (AvgIpc) is 3.27. The molecule has 1 N–H and O–H groups in total. The third-order valence-corrected chi connectivity index (χ3v) is 6.88. The summed E-state index contributed by atoms with van der Waals surface area (Å²) >= 11 is 0. The summed E-state index contributed by atoms with van der Waals surface area (Å²) < 4.78 is 13.1. The number of halogens is 1. The predicted octanol–water partition coefficient (Wildman–Crippen LogP) is 6.27. The molecule has 1 aromatic carbocycles. The number of benzene rings is 1. The van der Waals surface area contributed by atoms with Crippen molar-refractivity contribution in [1.82, 2.24) is 15.1 Å². The second-order valence-corrected chi connectivity index (χ2v) is 10.1. The highest BCUT2D eigenvalue weighted by atomic mass is 19.1. The fourth-order valence-electron chi connectivity index (χ4n) is 4.64. The number of carbonyl (C=O) groups is 1. The number of rotatable bonds is 16. The van der Waals surface area contributed by atoms with E-state index >= 15 is 0 Å². The third kappa shape index (κ3) is 11.6. The van der Waals surface area contributed by atoms with E-state index in [9.17, 15) is 9.18 Å². The van der Waals surface area contributed by atoms with Crippen LogP contribution in [0.25, 0.3) is 0 Å². The van der Waals surface area contributed by atoms with Crippen molar-refractivity contribution in [1.29, 1.82) is 0 Å². The van der Waals surface area contributed by atoms with Crippen molar-refractivity contribution in [2.45, 2.75) is 58.9 Å². The van der Waals surface area contributed by atoms with E-state index in [1.807, 2.05) is 19.1 Å². The van der Waals surface area contributed by atoms with Gasteiger partial charge in [-0.2, -0.15) is 0 Å². The minimum atomic E-state index is -0.233. The predicted molar refractivity (Wildman–Crippen MR) is 164 cm³/mol. The molecular formula is C33H47FN4O. The Bertz CT molecular complexity index is 1070. The fourth-order valence-corrected chi connectivity index (χ4v) is 4.64. The van der Waals surface area contributed by atoms with Gasteiger partial charge in [0.05, 0.1) is 6.04 Å². The minimum absolute atomic E-state index is 0.000938. The van der Waals surface area contributed by atoms with Crippen LogP contribution in [0, 0.1) is 5.82 Å². The van der Waals surface area contributed by atoms with Crippen LogP contribution in [0.3, 0.4) is 0 Å². The number of aryl methyl sites for hydroxylation is 1. The number of hydrogen-bond acceptors (Lipinski definition) is 4. The maximum Gasteiger partial charge on any atom is 0.269 e. The van der Waals surface area contributed by atoms with Crippen molar-refractivity contribution < 1.29 is 9.18 Å². The van der Waals surface area contributed by atoms with Gasteiger partial charge in [0.25, 0.3) is 5.91 Å². The number of likely N-dealkylation sites (tertiary alicyclic amines) is 1. The zero-order chi connectivity index (χ0) is 28.6. The quantitative estimate of drug-likeness (QED) is 0.154. The molecule has 6 heteroatoms. The Morgan fingerprint density at radius 3 is 2.67 bits per heavy atom. The van der Waals surface area contributed by atoms with Crippen molar-refractivity contribution in [2.75, 3.05) is 39.8 Å². The van der Waals surface area contributed by atoms with E-state index in [4.69, 9.17) is 0 Å². The number of carbonyl (C=O) groups excluding carboxylic acids is 1. The minimum Gasteiger partial charge on any atom is -0.369 e. The van der Waals surface area contributed by atoms with Gasteiger partial charge in [0.1, 0.15) is 11.5 Å². The van der Waals surface area contributed by atoms with E-state index in [-0.39, 0.29) is 17.8 Å². The van der Waals surface area contributed by atoms with Gasteiger partial charge < -0.3 is 10.2 Å². The molecule has 1 aliphatic rings. The van der Waals surface area contributed by atoms with E-state index in [1.54, 1.807) is 19.2 Å². The summed E-state index contributed by atoms with van der Waals surface area (Å²) in [6, 6.07) is 6.53. The summed E-state index contributed by atoms with van der Waals surface area (Å²) in [7, 11) is 1.64. The van der Waals surface area contributed by atoms with Gasteiger partial charge >= 0.3 is 0 Å². The van der Waals surface area contributed by atoms with E-state index in [1.165, 1.54) is 17.7 Å². The van der Waals surface area contributed by atoms with Crippen LogP contribution >= 0.6 is 0 Å².